The van der Waals surface area contributed by atoms with Crippen LogP contribution in [0.15, 0.2) is 12.1 Å². The van der Waals surface area contributed by atoms with Crippen LogP contribution in [0, 0.1) is 11.3 Å². The highest BCUT2D eigenvalue weighted by Crippen LogP contribution is 2.20. The number of benzene rings is 1. The fourth-order valence-electron chi connectivity index (χ4n) is 1.91. The number of hydrogen-bond acceptors (Lipinski definition) is 4. The minimum absolute atomic E-state index is 0.0632. The maximum absolute atomic E-state index is 11.4. The van der Waals surface area contributed by atoms with Gasteiger partial charge in [0.05, 0.1) is 31.3 Å². The summed E-state index contributed by atoms with van der Waals surface area (Å²) in [6, 6.07) is 5.68. The van der Waals surface area contributed by atoms with Crippen molar-refractivity contribution in [2.24, 2.45) is 0 Å². The summed E-state index contributed by atoms with van der Waals surface area (Å²) in [5.74, 6) is -0.359. The topological polar surface area (TPSA) is 70.3 Å². The van der Waals surface area contributed by atoms with E-state index in [1.54, 1.807) is 13.0 Å². The summed E-state index contributed by atoms with van der Waals surface area (Å²) >= 11 is 0. The molecule has 0 aliphatic carbocycles. The van der Waals surface area contributed by atoms with Crippen LogP contribution < -0.4 is 0 Å². The van der Waals surface area contributed by atoms with Gasteiger partial charge in [-0.05, 0) is 30.0 Å². The Hall–Kier alpha value is -1.86. The van der Waals surface area contributed by atoms with Crippen LogP contribution in [-0.2, 0) is 29.0 Å². The fourth-order valence-corrected chi connectivity index (χ4v) is 1.91. The van der Waals surface area contributed by atoms with E-state index in [4.69, 9.17) is 4.74 Å². The van der Waals surface area contributed by atoms with Crippen LogP contribution >= 0.6 is 0 Å². The summed E-state index contributed by atoms with van der Waals surface area (Å²) in [6.07, 6.45) is 0.804. The zero-order valence-corrected chi connectivity index (χ0v) is 10.7. The first kappa shape index (κ1) is 14.2. The van der Waals surface area contributed by atoms with Crippen LogP contribution in [0.5, 0.6) is 0 Å². The maximum Gasteiger partial charge on any atom is 0.310 e. The Labute approximate surface area is 107 Å². The number of hydrogen-bond donors (Lipinski definition) is 1. The first-order valence-corrected chi connectivity index (χ1v) is 5.98. The Morgan fingerprint density at radius 1 is 1.39 bits per heavy atom. The van der Waals surface area contributed by atoms with Gasteiger partial charge in [-0.2, -0.15) is 5.26 Å². The molecule has 96 valence electrons. The van der Waals surface area contributed by atoms with Crippen LogP contribution in [0.4, 0.5) is 0 Å². The van der Waals surface area contributed by atoms with E-state index in [9.17, 15) is 15.2 Å². The molecule has 0 spiro atoms. The monoisotopic (exact) mass is 247 g/mol. The zero-order chi connectivity index (χ0) is 13.5. The van der Waals surface area contributed by atoms with Crippen molar-refractivity contribution in [3.63, 3.8) is 0 Å². The Balaban J connectivity index is 3.14. The number of carbonyl (C=O) groups excluding carboxylic acids is 1. The quantitative estimate of drug-likeness (QED) is 0.804. The molecule has 4 heteroatoms. The van der Waals surface area contributed by atoms with Gasteiger partial charge in [0, 0.05) is 0 Å². The number of carbonyl (C=O) groups is 1. The lowest BCUT2D eigenvalue weighted by molar-refractivity contribution is -0.142. The van der Waals surface area contributed by atoms with Crippen LogP contribution in [0.1, 0.15) is 36.1 Å². The predicted octanol–water partition coefficient (Wildman–Crippen LogP) is 1.72. The smallest absolute Gasteiger partial charge is 0.310 e. The van der Waals surface area contributed by atoms with E-state index in [0.29, 0.717) is 23.3 Å². The third-order valence-electron chi connectivity index (χ3n) is 2.79. The van der Waals surface area contributed by atoms with Gasteiger partial charge in [-0.1, -0.05) is 19.1 Å². The number of ether oxygens (including phenoxy) is 1. The molecular formula is C14H17NO3. The zero-order valence-electron chi connectivity index (χ0n) is 10.7. The molecular weight excluding hydrogens is 230 g/mol. The predicted molar refractivity (Wildman–Crippen MR) is 66.8 cm³/mol. The van der Waals surface area contributed by atoms with Gasteiger partial charge in [-0.3, -0.25) is 4.79 Å². The van der Waals surface area contributed by atoms with E-state index < -0.39 is 0 Å². The molecule has 0 radical (unpaired) electrons. The summed E-state index contributed by atoms with van der Waals surface area (Å²) in [4.78, 5) is 11.4. The molecule has 0 unspecified atom stereocenters. The number of aryl methyl sites for hydroxylation is 1. The molecule has 0 amide bonds. The van der Waals surface area contributed by atoms with Crippen LogP contribution in [0.25, 0.3) is 0 Å². The molecule has 1 aromatic carbocycles. The van der Waals surface area contributed by atoms with Gasteiger partial charge in [0.1, 0.15) is 0 Å². The van der Waals surface area contributed by atoms with Gasteiger partial charge in [0.2, 0.25) is 0 Å². The van der Waals surface area contributed by atoms with Gasteiger partial charge in [-0.15, -0.1) is 0 Å². The molecule has 4 nitrogen and oxygen atoms in total. The summed E-state index contributed by atoms with van der Waals surface area (Å²) in [5.41, 5.74) is 2.55. The summed E-state index contributed by atoms with van der Waals surface area (Å²) in [5, 5.41) is 18.5. The Kier molecular flexibility index (Phi) is 5.34. The Bertz CT molecular complexity index is 475. The molecule has 0 atom stereocenters. The molecule has 0 heterocycles. The van der Waals surface area contributed by atoms with E-state index >= 15 is 0 Å². The highest BCUT2D eigenvalue weighted by atomic mass is 16.5. The molecule has 1 aromatic rings. The molecule has 0 aliphatic heterocycles. The Morgan fingerprint density at radius 2 is 2.06 bits per heavy atom. The number of esters is 1. The first-order chi connectivity index (χ1) is 8.67. The van der Waals surface area contributed by atoms with Crippen molar-refractivity contribution < 1.29 is 14.6 Å². The van der Waals surface area contributed by atoms with E-state index in [1.807, 2.05) is 13.0 Å². The van der Waals surface area contributed by atoms with Crippen molar-refractivity contribution in [3.8, 4) is 6.07 Å². The number of rotatable bonds is 5. The molecule has 1 N–H and O–H groups in total. The summed E-state index contributed by atoms with van der Waals surface area (Å²) in [6.45, 7) is 3.83. The second kappa shape index (κ2) is 6.77. The van der Waals surface area contributed by atoms with Crippen molar-refractivity contribution in [2.45, 2.75) is 33.3 Å². The number of aliphatic hydroxyl groups excluding tert-OH is 1. The molecule has 1 rings (SSSR count). The third-order valence-corrected chi connectivity index (χ3v) is 2.79. The Morgan fingerprint density at radius 3 is 2.56 bits per heavy atom. The highest BCUT2D eigenvalue weighted by molar-refractivity contribution is 5.74. The molecule has 0 fully saturated rings. The standard InChI is InChI=1S/C14H17NO3/c1-3-10-5-6-11(7-14(17)18-4-2)12(8-15)13(10)9-16/h5-6,16H,3-4,7,9H2,1-2H3. The van der Waals surface area contributed by atoms with Crippen LogP contribution in [-0.4, -0.2) is 17.7 Å². The second-order valence-electron chi connectivity index (χ2n) is 3.84. The van der Waals surface area contributed by atoms with Crippen LogP contribution in [0.2, 0.25) is 0 Å². The van der Waals surface area contributed by atoms with Crippen molar-refractivity contribution in [1.82, 2.24) is 0 Å². The summed E-state index contributed by atoms with van der Waals surface area (Å²) in [7, 11) is 0. The largest absolute Gasteiger partial charge is 0.466 e. The normalized spacial score (nSPS) is 9.89. The van der Waals surface area contributed by atoms with Gasteiger partial charge < -0.3 is 9.84 Å². The lowest BCUT2D eigenvalue weighted by atomic mass is 9.94. The van der Waals surface area contributed by atoms with Gasteiger partial charge >= 0.3 is 5.97 Å². The average molecular weight is 247 g/mol. The molecule has 0 saturated carbocycles. The lowest BCUT2D eigenvalue weighted by Gasteiger charge is -2.11. The molecule has 18 heavy (non-hydrogen) atoms. The fraction of sp³-hybridized carbons (Fsp3) is 0.429. The first-order valence-electron chi connectivity index (χ1n) is 5.98. The van der Waals surface area contributed by atoms with E-state index in [-0.39, 0.29) is 19.0 Å². The molecule has 0 bridgehead atoms. The summed E-state index contributed by atoms with van der Waals surface area (Å²) < 4.78 is 4.86. The second-order valence-corrected chi connectivity index (χ2v) is 3.84. The van der Waals surface area contributed by atoms with Gasteiger partial charge in [0.15, 0.2) is 0 Å². The number of nitriles is 1. The van der Waals surface area contributed by atoms with Crippen molar-refractivity contribution >= 4 is 5.97 Å². The van der Waals surface area contributed by atoms with E-state index in [0.717, 1.165) is 12.0 Å². The van der Waals surface area contributed by atoms with Crippen molar-refractivity contribution in [1.29, 1.82) is 5.26 Å². The van der Waals surface area contributed by atoms with Crippen molar-refractivity contribution in [3.05, 3.63) is 34.4 Å². The molecule has 0 aromatic heterocycles. The minimum atomic E-state index is -0.359. The molecule has 0 saturated heterocycles. The van der Waals surface area contributed by atoms with Crippen LogP contribution in [0.3, 0.4) is 0 Å². The maximum atomic E-state index is 11.4. The highest BCUT2D eigenvalue weighted by Gasteiger charge is 2.14. The van der Waals surface area contributed by atoms with E-state index in [2.05, 4.69) is 6.07 Å². The average Bonchev–Trinajstić information content (AvgIpc) is 2.38. The van der Waals surface area contributed by atoms with E-state index in [1.165, 1.54) is 0 Å². The lowest BCUT2D eigenvalue weighted by Crippen LogP contribution is -2.10. The van der Waals surface area contributed by atoms with Crippen molar-refractivity contribution in [2.75, 3.05) is 6.61 Å². The molecule has 0 aliphatic rings. The number of nitrogens with zero attached hydrogens (tertiary/aromatic N) is 1. The minimum Gasteiger partial charge on any atom is -0.466 e. The van der Waals surface area contributed by atoms with Gasteiger partial charge in [-0.25, -0.2) is 0 Å². The number of aliphatic hydroxyl groups is 1. The third kappa shape index (κ3) is 3.08. The SMILES string of the molecule is CCOC(=O)Cc1ccc(CC)c(CO)c1C#N. The van der Waals surface area contributed by atoms with Gasteiger partial charge in [0.25, 0.3) is 0 Å².